The van der Waals surface area contributed by atoms with E-state index in [1.54, 1.807) is 4.90 Å². The third-order valence-electron chi connectivity index (χ3n) is 5.63. The molecule has 32 heavy (non-hydrogen) atoms. The van der Waals surface area contributed by atoms with Crippen LogP contribution in [0.2, 0.25) is 0 Å². The molecule has 0 unspecified atom stereocenters. The molecule has 0 atom stereocenters. The van der Waals surface area contributed by atoms with Gasteiger partial charge in [-0.2, -0.15) is 0 Å². The number of fused-ring (bicyclic) bond motifs is 3. The van der Waals surface area contributed by atoms with Gasteiger partial charge in [-0.1, -0.05) is 25.1 Å². The van der Waals surface area contributed by atoms with E-state index >= 15 is 0 Å². The van der Waals surface area contributed by atoms with E-state index in [2.05, 4.69) is 14.9 Å². The molecular formula is C22H28N6O3S. The average molecular weight is 457 g/mol. The fraction of sp³-hybridized carbons (Fsp3) is 0.409. The van der Waals surface area contributed by atoms with Gasteiger partial charge in [0.25, 0.3) is 0 Å². The predicted molar refractivity (Wildman–Crippen MR) is 125 cm³/mol. The number of hydrogen-bond acceptors (Lipinski definition) is 7. The zero-order valence-corrected chi connectivity index (χ0v) is 19.2. The van der Waals surface area contributed by atoms with Gasteiger partial charge in [0.15, 0.2) is 15.7 Å². The number of hydrogen-bond donors (Lipinski definition) is 2. The molecule has 0 saturated carbocycles. The average Bonchev–Trinajstić information content (AvgIpc) is 3.09. The standard InChI is InChI=1S/C22H28N6O3S/c1-3-24-12-19-26-20-21(17-8-4-5-9-18(17)25-22(20)23)28(19)11-7-6-10-27(15(2)29)16-13-32(30,31)14-16/h4-5,8-9,13,24H,3,6-7,10-12,14H2,1-2H3,(H2,23,25). The summed E-state index contributed by atoms with van der Waals surface area (Å²) in [4.78, 5) is 22.8. The molecule has 1 aliphatic rings. The van der Waals surface area contributed by atoms with Crippen molar-refractivity contribution in [3.8, 4) is 0 Å². The number of aryl methyl sites for hydroxylation is 1. The second-order valence-corrected chi connectivity index (χ2v) is 9.82. The number of carbonyl (C=O) groups is 1. The van der Waals surface area contributed by atoms with E-state index in [9.17, 15) is 13.2 Å². The van der Waals surface area contributed by atoms with E-state index in [1.165, 1.54) is 12.3 Å². The molecule has 4 rings (SSSR count). The first-order chi connectivity index (χ1) is 15.3. The van der Waals surface area contributed by atoms with Crippen molar-refractivity contribution in [2.45, 2.75) is 39.8 Å². The largest absolute Gasteiger partial charge is 0.382 e. The maximum atomic E-state index is 12.0. The van der Waals surface area contributed by atoms with Crippen molar-refractivity contribution in [2.75, 3.05) is 24.6 Å². The number of sulfone groups is 1. The second-order valence-electron chi connectivity index (χ2n) is 7.97. The number of unbranched alkanes of at least 4 members (excludes halogenated alkanes) is 1. The highest BCUT2D eigenvalue weighted by Gasteiger charge is 2.29. The number of nitrogens with two attached hydrogens (primary N) is 1. The van der Waals surface area contributed by atoms with Crippen molar-refractivity contribution in [1.29, 1.82) is 0 Å². The van der Waals surface area contributed by atoms with Crippen molar-refractivity contribution >= 4 is 43.5 Å². The van der Waals surface area contributed by atoms with E-state index in [4.69, 9.17) is 10.7 Å². The molecule has 10 heteroatoms. The third kappa shape index (κ3) is 4.33. The number of para-hydroxylation sites is 1. The first kappa shape index (κ1) is 22.2. The minimum absolute atomic E-state index is 0.0656. The maximum absolute atomic E-state index is 12.0. The number of anilines is 1. The summed E-state index contributed by atoms with van der Waals surface area (Å²) < 4.78 is 25.1. The van der Waals surface area contributed by atoms with Crippen LogP contribution >= 0.6 is 0 Å². The number of benzene rings is 1. The SMILES string of the molecule is CCNCc1nc2c(N)nc3ccccc3c2n1CCCCN(C(C)=O)C1=CS(=O)(=O)C1. The predicted octanol–water partition coefficient (Wildman–Crippen LogP) is 2.17. The van der Waals surface area contributed by atoms with Crippen LogP contribution in [0.4, 0.5) is 5.82 Å². The lowest BCUT2D eigenvalue weighted by Crippen LogP contribution is -2.36. The van der Waals surface area contributed by atoms with E-state index in [0.717, 1.165) is 41.6 Å². The first-order valence-corrected chi connectivity index (χ1v) is 12.5. The number of imidazole rings is 1. The van der Waals surface area contributed by atoms with Crippen molar-refractivity contribution < 1.29 is 13.2 Å². The summed E-state index contributed by atoms with van der Waals surface area (Å²) in [5.41, 5.74) is 9.30. The summed E-state index contributed by atoms with van der Waals surface area (Å²) >= 11 is 0. The fourth-order valence-electron chi connectivity index (χ4n) is 4.09. The normalized spacial score (nSPS) is 15.0. The van der Waals surface area contributed by atoms with E-state index < -0.39 is 9.84 Å². The van der Waals surface area contributed by atoms with E-state index in [1.807, 2.05) is 31.2 Å². The van der Waals surface area contributed by atoms with Gasteiger partial charge in [0, 0.05) is 31.1 Å². The van der Waals surface area contributed by atoms with Gasteiger partial charge in [-0.25, -0.2) is 18.4 Å². The van der Waals surface area contributed by atoms with Gasteiger partial charge in [0.05, 0.1) is 28.7 Å². The molecule has 1 amide bonds. The molecule has 0 aliphatic carbocycles. The summed E-state index contributed by atoms with van der Waals surface area (Å²) in [6.07, 6.45) is 1.53. The van der Waals surface area contributed by atoms with Gasteiger partial charge in [-0.3, -0.25) is 4.79 Å². The highest BCUT2D eigenvalue weighted by molar-refractivity contribution is 7.95. The molecular weight excluding hydrogens is 428 g/mol. The monoisotopic (exact) mass is 456 g/mol. The highest BCUT2D eigenvalue weighted by Crippen LogP contribution is 2.29. The Balaban J connectivity index is 1.58. The number of nitrogens with one attached hydrogen (secondary N) is 1. The summed E-state index contributed by atoms with van der Waals surface area (Å²) in [5.74, 6) is 1.10. The van der Waals surface area contributed by atoms with Crippen molar-refractivity contribution in [3.63, 3.8) is 0 Å². The summed E-state index contributed by atoms with van der Waals surface area (Å²) in [6.45, 7) is 6.13. The Morgan fingerprint density at radius 2 is 2.00 bits per heavy atom. The zero-order chi connectivity index (χ0) is 22.9. The number of nitrogens with zero attached hydrogens (tertiary/aromatic N) is 4. The lowest BCUT2D eigenvalue weighted by atomic mass is 10.2. The molecule has 3 heterocycles. The Bertz CT molecular complexity index is 1310. The molecule has 2 aromatic heterocycles. The van der Waals surface area contributed by atoms with Gasteiger partial charge in [0.1, 0.15) is 11.3 Å². The van der Waals surface area contributed by atoms with Crippen LogP contribution in [0.25, 0.3) is 21.9 Å². The lowest BCUT2D eigenvalue weighted by Gasteiger charge is -2.28. The molecule has 1 aromatic carbocycles. The van der Waals surface area contributed by atoms with Crippen LogP contribution in [0.3, 0.4) is 0 Å². The van der Waals surface area contributed by atoms with E-state index in [-0.39, 0.29) is 11.7 Å². The quantitative estimate of drug-likeness (QED) is 0.473. The van der Waals surface area contributed by atoms with Crippen LogP contribution < -0.4 is 11.1 Å². The van der Waals surface area contributed by atoms with Crippen molar-refractivity contribution in [2.24, 2.45) is 0 Å². The molecule has 1 aliphatic heterocycles. The van der Waals surface area contributed by atoms with E-state index in [0.29, 0.717) is 36.7 Å². The summed E-state index contributed by atoms with van der Waals surface area (Å²) in [5, 5.41) is 5.52. The van der Waals surface area contributed by atoms with Gasteiger partial charge in [-0.15, -0.1) is 0 Å². The Labute approximate surface area is 187 Å². The van der Waals surface area contributed by atoms with Gasteiger partial charge >= 0.3 is 0 Å². The van der Waals surface area contributed by atoms with Crippen LogP contribution in [0.15, 0.2) is 35.4 Å². The second kappa shape index (κ2) is 8.87. The molecule has 0 fully saturated rings. The summed E-state index contributed by atoms with van der Waals surface area (Å²) in [7, 11) is -3.13. The third-order valence-corrected chi connectivity index (χ3v) is 6.96. The number of carbonyl (C=O) groups excluding carboxylic acids is 1. The minimum Gasteiger partial charge on any atom is -0.382 e. The van der Waals surface area contributed by atoms with Gasteiger partial charge in [0.2, 0.25) is 5.91 Å². The van der Waals surface area contributed by atoms with Crippen LogP contribution in [0.5, 0.6) is 0 Å². The Hall–Kier alpha value is -2.98. The molecule has 9 nitrogen and oxygen atoms in total. The lowest BCUT2D eigenvalue weighted by molar-refractivity contribution is -0.127. The van der Waals surface area contributed by atoms with Crippen LogP contribution in [-0.4, -0.2) is 52.6 Å². The number of nitrogen functional groups attached to an aromatic ring is 1. The highest BCUT2D eigenvalue weighted by atomic mass is 32.2. The number of amides is 1. The number of aromatic nitrogens is 3. The smallest absolute Gasteiger partial charge is 0.223 e. The molecule has 0 spiro atoms. The Morgan fingerprint density at radius 3 is 2.69 bits per heavy atom. The maximum Gasteiger partial charge on any atom is 0.223 e. The minimum atomic E-state index is -3.13. The van der Waals surface area contributed by atoms with Crippen LogP contribution in [0.1, 0.15) is 32.5 Å². The summed E-state index contributed by atoms with van der Waals surface area (Å²) in [6, 6.07) is 7.89. The molecule has 0 radical (unpaired) electrons. The molecule has 170 valence electrons. The van der Waals surface area contributed by atoms with Crippen molar-refractivity contribution in [1.82, 2.24) is 24.8 Å². The van der Waals surface area contributed by atoms with Crippen LogP contribution in [-0.2, 0) is 27.7 Å². The number of pyridine rings is 1. The number of rotatable bonds is 9. The topological polar surface area (TPSA) is 123 Å². The van der Waals surface area contributed by atoms with Gasteiger partial charge < -0.3 is 20.5 Å². The Morgan fingerprint density at radius 1 is 1.25 bits per heavy atom. The molecule has 3 aromatic rings. The van der Waals surface area contributed by atoms with Crippen LogP contribution in [0, 0.1) is 0 Å². The molecule has 0 bridgehead atoms. The van der Waals surface area contributed by atoms with Crippen molar-refractivity contribution in [3.05, 3.63) is 41.2 Å². The molecule has 0 saturated heterocycles. The zero-order valence-electron chi connectivity index (χ0n) is 18.3. The molecule has 3 N–H and O–H groups in total. The van der Waals surface area contributed by atoms with Gasteiger partial charge in [-0.05, 0) is 25.5 Å². The fourth-order valence-corrected chi connectivity index (χ4v) is 5.15. The Kier molecular flexibility index (Phi) is 6.16. The first-order valence-electron chi connectivity index (χ1n) is 10.8.